The van der Waals surface area contributed by atoms with Crippen LogP contribution in [0.25, 0.3) is 0 Å². The second-order valence-electron chi connectivity index (χ2n) is 3.95. The van der Waals surface area contributed by atoms with E-state index in [4.69, 9.17) is 10.8 Å². The van der Waals surface area contributed by atoms with E-state index in [1.807, 2.05) is 32.9 Å². The molecule has 3 heteroatoms. The molecule has 1 rings (SSSR count). The Morgan fingerprint density at radius 1 is 1.33 bits per heavy atom. The predicted octanol–water partition coefficient (Wildman–Crippen LogP) is 1.57. The Morgan fingerprint density at radius 3 is 2.40 bits per heavy atom. The van der Waals surface area contributed by atoms with Crippen LogP contribution in [0.2, 0.25) is 0 Å². The highest BCUT2D eigenvalue weighted by Gasteiger charge is 2.15. The van der Waals surface area contributed by atoms with Crippen LogP contribution in [-0.2, 0) is 11.2 Å². The molecule has 0 saturated carbocycles. The van der Waals surface area contributed by atoms with Gasteiger partial charge in [-0.25, -0.2) is 0 Å². The van der Waals surface area contributed by atoms with Gasteiger partial charge in [0.1, 0.15) is 6.04 Å². The Bertz CT molecular complexity index is 385. The molecule has 0 radical (unpaired) electrons. The molecule has 82 valence electrons. The minimum Gasteiger partial charge on any atom is -0.480 e. The van der Waals surface area contributed by atoms with Crippen molar-refractivity contribution in [2.24, 2.45) is 5.73 Å². The molecule has 0 bridgehead atoms. The van der Waals surface area contributed by atoms with Gasteiger partial charge in [-0.3, -0.25) is 4.79 Å². The molecule has 15 heavy (non-hydrogen) atoms. The predicted molar refractivity (Wildman–Crippen MR) is 60.0 cm³/mol. The van der Waals surface area contributed by atoms with Crippen molar-refractivity contribution >= 4 is 5.97 Å². The summed E-state index contributed by atoms with van der Waals surface area (Å²) in [4.78, 5) is 10.7. The first-order valence-corrected chi connectivity index (χ1v) is 4.97. The summed E-state index contributed by atoms with van der Waals surface area (Å²) < 4.78 is 0. The summed E-state index contributed by atoms with van der Waals surface area (Å²) in [5, 5.41) is 8.77. The van der Waals surface area contributed by atoms with Crippen molar-refractivity contribution < 1.29 is 9.90 Å². The van der Waals surface area contributed by atoms with Crippen LogP contribution >= 0.6 is 0 Å². The summed E-state index contributed by atoms with van der Waals surface area (Å²) in [6.07, 6.45) is 0.397. The van der Waals surface area contributed by atoms with Gasteiger partial charge in [0.15, 0.2) is 0 Å². The molecule has 0 aliphatic heterocycles. The highest BCUT2D eigenvalue weighted by Crippen LogP contribution is 2.18. The Hall–Kier alpha value is -1.35. The number of benzene rings is 1. The van der Waals surface area contributed by atoms with Gasteiger partial charge in [-0.05, 0) is 49.4 Å². The average Bonchev–Trinajstić information content (AvgIpc) is 2.18. The van der Waals surface area contributed by atoms with Crippen molar-refractivity contribution in [3.05, 3.63) is 34.4 Å². The van der Waals surface area contributed by atoms with E-state index in [2.05, 4.69) is 0 Å². The molecule has 1 atom stereocenters. The van der Waals surface area contributed by atoms with E-state index in [-0.39, 0.29) is 0 Å². The van der Waals surface area contributed by atoms with Crippen LogP contribution in [0.1, 0.15) is 22.3 Å². The summed E-state index contributed by atoms with van der Waals surface area (Å²) in [5.41, 5.74) is 10.0. The number of hydrogen-bond donors (Lipinski definition) is 2. The lowest BCUT2D eigenvalue weighted by Gasteiger charge is -2.14. The molecule has 0 saturated heterocycles. The molecule has 3 nitrogen and oxygen atoms in total. The third-order valence-electron chi connectivity index (χ3n) is 2.84. The van der Waals surface area contributed by atoms with Gasteiger partial charge in [-0.1, -0.05) is 12.1 Å². The van der Waals surface area contributed by atoms with Crippen LogP contribution in [0.3, 0.4) is 0 Å². The normalized spacial score (nSPS) is 12.5. The van der Waals surface area contributed by atoms with E-state index in [0.29, 0.717) is 6.42 Å². The minimum atomic E-state index is -0.949. The van der Waals surface area contributed by atoms with Crippen LogP contribution in [0.15, 0.2) is 12.1 Å². The van der Waals surface area contributed by atoms with Gasteiger partial charge >= 0.3 is 5.97 Å². The van der Waals surface area contributed by atoms with Gasteiger partial charge in [0.25, 0.3) is 0 Å². The van der Waals surface area contributed by atoms with Crippen LogP contribution in [0.4, 0.5) is 0 Å². The number of rotatable bonds is 3. The number of carboxylic acids is 1. The molecule has 0 amide bonds. The number of aryl methyl sites for hydroxylation is 2. The number of hydrogen-bond acceptors (Lipinski definition) is 2. The molecule has 0 spiro atoms. The van der Waals surface area contributed by atoms with E-state index in [1.165, 1.54) is 5.56 Å². The highest BCUT2D eigenvalue weighted by molar-refractivity contribution is 5.73. The number of carbonyl (C=O) groups is 1. The molecule has 0 aromatic heterocycles. The SMILES string of the molecule is Cc1ccc(C)c(CC(N)C(=O)O)c1C. The van der Waals surface area contributed by atoms with Gasteiger partial charge in [-0.2, -0.15) is 0 Å². The van der Waals surface area contributed by atoms with Crippen molar-refractivity contribution in [3.8, 4) is 0 Å². The molecule has 1 aromatic carbocycles. The van der Waals surface area contributed by atoms with E-state index < -0.39 is 12.0 Å². The summed E-state index contributed by atoms with van der Waals surface area (Å²) in [6, 6.07) is 3.23. The highest BCUT2D eigenvalue weighted by atomic mass is 16.4. The Morgan fingerprint density at radius 2 is 1.87 bits per heavy atom. The summed E-state index contributed by atoms with van der Waals surface area (Å²) in [6.45, 7) is 6.01. The molecule has 0 fully saturated rings. The fourth-order valence-corrected chi connectivity index (χ4v) is 1.63. The summed E-state index contributed by atoms with van der Waals surface area (Å²) in [5.74, 6) is -0.949. The Kier molecular flexibility index (Phi) is 3.48. The maximum absolute atomic E-state index is 10.7. The van der Waals surface area contributed by atoms with Crippen molar-refractivity contribution in [2.45, 2.75) is 33.2 Å². The first-order valence-electron chi connectivity index (χ1n) is 4.97. The third-order valence-corrected chi connectivity index (χ3v) is 2.84. The topological polar surface area (TPSA) is 63.3 Å². The zero-order valence-corrected chi connectivity index (χ0v) is 9.37. The summed E-state index contributed by atoms with van der Waals surface area (Å²) in [7, 11) is 0. The molecule has 0 heterocycles. The van der Waals surface area contributed by atoms with E-state index in [0.717, 1.165) is 16.7 Å². The lowest BCUT2D eigenvalue weighted by molar-refractivity contribution is -0.138. The van der Waals surface area contributed by atoms with E-state index >= 15 is 0 Å². The minimum absolute atomic E-state index is 0.397. The molecule has 1 aromatic rings. The lowest BCUT2D eigenvalue weighted by atomic mass is 9.93. The van der Waals surface area contributed by atoms with Gasteiger partial charge < -0.3 is 10.8 Å². The van der Waals surface area contributed by atoms with Crippen LogP contribution < -0.4 is 5.73 Å². The summed E-state index contributed by atoms with van der Waals surface area (Å²) >= 11 is 0. The first kappa shape index (κ1) is 11.7. The first-order chi connectivity index (χ1) is 6.93. The van der Waals surface area contributed by atoms with Crippen LogP contribution in [-0.4, -0.2) is 17.1 Å². The smallest absolute Gasteiger partial charge is 0.320 e. The zero-order valence-electron chi connectivity index (χ0n) is 9.37. The lowest BCUT2D eigenvalue weighted by Crippen LogP contribution is -2.32. The molecule has 0 aliphatic carbocycles. The maximum atomic E-state index is 10.7. The van der Waals surface area contributed by atoms with Crippen molar-refractivity contribution in [1.82, 2.24) is 0 Å². The van der Waals surface area contributed by atoms with E-state index in [1.54, 1.807) is 0 Å². The fraction of sp³-hybridized carbons (Fsp3) is 0.417. The number of aliphatic carboxylic acids is 1. The molecular formula is C12H17NO2. The molecule has 1 unspecified atom stereocenters. The average molecular weight is 207 g/mol. The van der Waals surface area contributed by atoms with Gasteiger partial charge in [0.05, 0.1) is 0 Å². The van der Waals surface area contributed by atoms with Gasteiger partial charge in [0.2, 0.25) is 0 Å². The molecule has 3 N–H and O–H groups in total. The fourth-order valence-electron chi connectivity index (χ4n) is 1.63. The van der Waals surface area contributed by atoms with Gasteiger partial charge in [-0.15, -0.1) is 0 Å². The molecule has 0 aliphatic rings. The van der Waals surface area contributed by atoms with Crippen molar-refractivity contribution in [1.29, 1.82) is 0 Å². The monoisotopic (exact) mass is 207 g/mol. The second kappa shape index (κ2) is 4.45. The van der Waals surface area contributed by atoms with Gasteiger partial charge in [0, 0.05) is 0 Å². The third kappa shape index (κ3) is 2.57. The van der Waals surface area contributed by atoms with Crippen LogP contribution in [0, 0.1) is 20.8 Å². The number of carboxylic acid groups (broad SMARTS) is 1. The molecular weight excluding hydrogens is 190 g/mol. The maximum Gasteiger partial charge on any atom is 0.320 e. The van der Waals surface area contributed by atoms with Crippen molar-refractivity contribution in [2.75, 3.05) is 0 Å². The largest absolute Gasteiger partial charge is 0.480 e. The van der Waals surface area contributed by atoms with E-state index in [9.17, 15) is 4.79 Å². The van der Waals surface area contributed by atoms with Crippen molar-refractivity contribution in [3.63, 3.8) is 0 Å². The zero-order chi connectivity index (χ0) is 11.6. The standard InChI is InChI=1S/C12H17NO2/c1-7-4-5-8(2)10(9(7)3)6-11(13)12(14)15/h4-5,11H,6,13H2,1-3H3,(H,14,15). The quantitative estimate of drug-likeness (QED) is 0.790. The van der Waals surface area contributed by atoms with Crippen LogP contribution in [0.5, 0.6) is 0 Å². The number of nitrogens with two attached hydrogens (primary N) is 1. The Balaban J connectivity index is 3.03. The Labute approximate surface area is 89.9 Å². The second-order valence-corrected chi connectivity index (χ2v) is 3.95.